The number of hydrogen-bond donors (Lipinski definition) is 0. The van der Waals surface area contributed by atoms with E-state index in [-0.39, 0.29) is 17.1 Å². The third kappa shape index (κ3) is 24.6. The maximum atomic E-state index is 8.00. The van der Waals surface area contributed by atoms with Gasteiger partial charge in [0.2, 0.25) is 0 Å². The number of carbonyl (C=O) groups excluding carboxylic acids is 3. The van der Waals surface area contributed by atoms with E-state index < -0.39 is 0 Å². The van der Waals surface area contributed by atoms with Crippen LogP contribution in [0.1, 0.15) is 26.2 Å². The molecule has 0 aromatic heterocycles. The Kier molecular flexibility index (Phi) is 53.0. The SMILES string of the molecule is C=O.C=O.C=O.CC1=[C-]CCC1.[Mn]. The molecule has 0 bridgehead atoms. The van der Waals surface area contributed by atoms with Crippen molar-refractivity contribution >= 4 is 20.4 Å². The molecule has 1 aliphatic carbocycles. The minimum atomic E-state index is 0. The summed E-state index contributed by atoms with van der Waals surface area (Å²) in [7, 11) is 0. The van der Waals surface area contributed by atoms with Gasteiger partial charge in [-0.2, -0.15) is 6.42 Å². The van der Waals surface area contributed by atoms with E-state index in [1.807, 2.05) is 20.4 Å². The van der Waals surface area contributed by atoms with Crippen molar-refractivity contribution in [3.63, 3.8) is 0 Å². The fourth-order valence-electron chi connectivity index (χ4n) is 0.744. The molecule has 0 aliphatic heterocycles. The van der Waals surface area contributed by atoms with Crippen LogP contribution in [-0.2, 0) is 31.5 Å². The minimum absolute atomic E-state index is 0. The summed E-state index contributed by atoms with van der Waals surface area (Å²) in [5.41, 5.74) is 1.45. The van der Waals surface area contributed by atoms with Gasteiger partial charge in [-0.05, 0) is 0 Å². The van der Waals surface area contributed by atoms with Crippen molar-refractivity contribution in [2.75, 3.05) is 0 Å². The summed E-state index contributed by atoms with van der Waals surface area (Å²) in [5, 5.41) is 0. The maximum Gasteiger partial charge on any atom is 0.106 e. The summed E-state index contributed by atoms with van der Waals surface area (Å²) in [6, 6.07) is 0. The largest absolute Gasteiger partial charge is 0.497 e. The standard InChI is InChI=1S/C6H9.3CH2O.Mn/c1-6-4-2-3-5-6;3*1-2;/h2-4H2,1H3;3*1H2;/q-1;;;;. The van der Waals surface area contributed by atoms with Crippen molar-refractivity contribution in [3.8, 4) is 0 Å². The van der Waals surface area contributed by atoms with Crippen molar-refractivity contribution in [2.24, 2.45) is 0 Å². The first kappa shape index (κ1) is 22.8. The van der Waals surface area contributed by atoms with E-state index in [0.717, 1.165) is 0 Å². The summed E-state index contributed by atoms with van der Waals surface area (Å²) in [4.78, 5) is 24.0. The van der Waals surface area contributed by atoms with Crippen LogP contribution in [0, 0.1) is 6.08 Å². The molecule has 0 atom stereocenters. The molecule has 4 heteroatoms. The maximum absolute atomic E-state index is 8.00. The van der Waals surface area contributed by atoms with Gasteiger partial charge < -0.3 is 20.5 Å². The van der Waals surface area contributed by atoms with Gasteiger partial charge in [-0.15, -0.1) is 0 Å². The van der Waals surface area contributed by atoms with E-state index in [1.165, 1.54) is 24.8 Å². The first-order valence-corrected chi connectivity index (χ1v) is 3.32. The fraction of sp³-hybridized carbons (Fsp3) is 0.444. The smallest absolute Gasteiger partial charge is 0.106 e. The molecule has 0 fully saturated rings. The van der Waals surface area contributed by atoms with Gasteiger partial charge in [0.25, 0.3) is 0 Å². The molecule has 0 aromatic carbocycles. The van der Waals surface area contributed by atoms with Crippen LogP contribution in [0.25, 0.3) is 0 Å². The zero-order chi connectivity index (χ0) is 10.4. The first-order valence-electron chi connectivity index (χ1n) is 3.32. The van der Waals surface area contributed by atoms with Crippen LogP contribution in [0.5, 0.6) is 0 Å². The molecule has 1 rings (SSSR count). The summed E-state index contributed by atoms with van der Waals surface area (Å²) in [6.07, 6.45) is 7.07. The topological polar surface area (TPSA) is 51.2 Å². The number of carbonyl (C=O) groups is 3. The predicted octanol–water partition coefficient (Wildman–Crippen LogP) is 1.36. The van der Waals surface area contributed by atoms with Crippen LogP contribution in [0.3, 0.4) is 0 Å². The Balaban J connectivity index is -0.0000000508. The van der Waals surface area contributed by atoms with Gasteiger partial charge in [0.1, 0.15) is 20.4 Å². The van der Waals surface area contributed by atoms with Crippen LogP contribution in [0.4, 0.5) is 0 Å². The van der Waals surface area contributed by atoms with E-state index in [1.54, 1.807) is 0 Å². The van der Waals surface area contributed by atoms with Crippen molar-refractivity contribution in [1.29, 1.82) is 0 Å². The Morgan fingerprint density at radius 3 is 1.54 bits per heavy atom. The molecule has 0 aromatic rings. The third-order valence-electron chi connectivity index (χ3n) is 1.16. The molecule has 3 nitrogen and oxygen atoms in total. The van der Waals surface area contributed by atoms with Gasteiger partial charge in [0.05, 0.1) is 0 Å². The molecule has 0 N–H and O–H groups in total. The van der Waals surface area contributed by atoms with Gasteiger partial charge in [-0.25, -0.2) is 0 Å². The molecular weight excluding hydrogens is 211 g/mol. The van der Waals surface area contributed by atoms with E-state index >= 15 is 0 Å². The molecule has 0 saturated carbocycles. The zero-order valence-electron chi connectivity index (χ0n) is 7.85. The quantitative estimate of drug-likeness (QED) is 0.463. The molecule has 0 spiro atoms. The molecule has 1 aliphatic rings. The first-order chi connectivity index (χ1) is 5.89. The molecule has 77 valence electrons. The molecule has 1 radical (unpaired) electrons. The molecule has 0 saturated heterocycles. The van der Waals surface area contributed by atoms with E-state index in [0.29, 0.717) is 0 Å². The van der Waals surface area contributed by atoms with Gasteiger partial charge >= 0.3 is 0 Å². The van der Waals surface area contributed by atoms with Crippen molar-refractivity contribution < 1.29 is 31.5 Å². The minimum Gasteiger partial charge on any atom is -0.497 e. The Labute approximate surface area is 90.1 Å². The summed E-state index contributed by atoms with van der Waals surface area (Å²) in [6.45, 7) is 8.15. The second-order valence-corrected chi connectivity index (χ2v) is 1.81. The van der Waals surface area contributed by atoms with Crippen LogP contribution in [0.2, 0.25) is 0 Å². The van der Waals surface area contributed by atoms with Crippen molar-refractivity contribution in [2.45, 2.75) is 26.2 Å². The Bertz CT molecular complexity index is 111. The average molecular weight is 226 g/mol. The predicted molar refractivity (Wildman–Crippen MR) is 47.6 cm³/mol. The number of hydrogen-bond acceptors (Lipinski definition) is 3. The molecular formula is C9H15MnO3-. The van der Waals surface area contributed by atoms with Crippen LogP contribution in [-0.4, -0.2) is 20.4 Å². The normalized spacial score (nSPS) is 10.7. The van der Waals surface area contributed by atoms with Crippen molar-refractivity contribution in [3.05, 3.63) is 11.6 Å². The molecule has 0 amide bonds. The fourth-order valence-corrected chi connectivity index (χ4v) is 0.744. The third-order valence-corrected chi connectivity index (χ3v) is 1.16. The second-order valence-electron chi connectivity index (χ2n) is 1.81. The van der Waals surface area contributed by atoms with Crippen LogP contribution < -0.4 is 0 Å². The van der Waals surface area contributed by atoms with Gasteiger partial charge in [0, 0.05) is 17.1 Å². The molecule has 13 heavy (non-hydrogen) atoms. The molecule has 0 unspecified atom stereocenters. The molecule has 0 heterocycles. The monoisotopic (exact) mass is 226 g/mol. The Morgan fingerprint density at radius 1 is 1.08 bits per heavy atom. The van der Waals surface area contributed by atoms with Crippen LogP contribution >= 0.6 is 0 Å². The summed E-state index contributed by atoms with van der Waals surface area (Å²) in [5.74, 6) is 0. The van der Waals surface area contributed by atoms with Crippen LogP contribution in [0.15, 0.2) is 5.57 Å². The Hall–Kier alpha value is -0.731. The van der Waals surface area contributed by atoms with E-state index in [2.05, 4.69) is 13.0 Å². The summed E-state index contributed by atoms with van der Waals surface area (Å²) >= 11 is 0. The van der Waals surface area contributed by atoms with Crippen molar-refractivity contribution in [1.82, 2.24) is 0 Å². The second kappa shape index (κ2) is 30.2. The van der Waals surface area contributed by atoms with Gasteiger partial charge in [-0.3, -0.25) is 5.57 Å². The number of rotatable bonds is 0. The van der Waals surface area contributed by atoms with E-state index in [9.17, 15) is 0 Å². The average Bonchev–Trinajstić information content (AvgIpc) is 2.66. The Morgan fingerprint density at radius 2 is 1.46 bits per heavy atom. The zero-order valence-corrected chi connectivity index (χ0v) is 9.03. The number of allylic oxidation sites excluding steroid dienone is 2. The van der Waals surface area contributed by atoms with E-state index in [4.69, 9.17) is 14.4 Å². The van der Waals surface area contributed by atoms with Gasteiger partial charge in [-0.1, -0.05) is 19.8 Å². The summed E-state index contributed by atoms with van der Waals surface area (Å²) < 4.78 is 0. The van der Waals surface area contributed by atoms with Gasteiger partial charge in [0.15, 0.2) is 0 Å².